The van der Waals surface area contributed by atoms with Crippen LogP contribution in [0.15, 0.2) is 82.8 Å². The van der Waals surface area contributed by atoms with Crippen LogP contribution in [0.3, 0.4) is 0 Å². The molecule has 1 N–H and O–H groups in total. The van der Waals surface area contributed by atoms with Crippen molar-refractivity contribution in [1.82, 2.24) is 0 Å². The number of benzene rings is 3. The number of hydrogen-bond donors (Lipinski definition) is 1. The Hall–Kier alpha value is -3.36. The molecule has 0 heterocycles. The molecule has 0 aromatic heterocycles. The van der Waals surface area contributed by atoms with Crippen LogP contribution in [-0.4, -0.2) is 5.91 Å². The van der Waals surface area contributed by atoms with Crippen molar-refractivity contribution in [2.45, 2.75) is 20.0 Å². The van der Waals surface area contributed by atoms with E-state index in [9.17, 15) is 10.1 Å². The number of nitriles is 1. The summed E-state index contributed by atoms with van der Waals surface area (Å²) in [5, 5.41) is 12.4. The molecule has 0 saturated carbocycles. The Labute approximate surface area is 184 Å². The summed E-state index contributed by atoms with van der Waals surface area (Å²) in [5.74, 6) is 0.143. The molecule has 0 spiro atoms. The van der Waals surface area contributed by atoms with Gasteiger partial charge in [0.1, 0.15) is 24.0 Å². The number of aryl methyl sites for hydroxylation is 1. The van der Waals surface area contributed by atoms with Crippen molar-refractivity contribution in [3.63, 3.8) is 0 Å². The number of hydrogen-bond acceptors (Lipinski definition) is 3. The summed E-state index contributed by atoms with van der Waals surface area (Å²) in [7, 11) is 0. The van der Waals surface area contributed by atoms with E-state index >= 15 is 0 Å². The highest BCUT2D eigenvalue weighted by Gasteiger charge is 2.13. The van der Waals surface area contributed by atoms with Crippen molar-refractivity contribution in [3.05, 3.63) is 99.5 Å². The van der Waals surface area contributed by atoms with Crippen LogP contribution < -0.4 is 10.1 Å². The van der Waals surface area contributed by atoms with E-state index in [1.54, 1.807) is 6.08 Å². The van der Waals surface area contributed by atoms with Gasteiger partial charge in [0.2, 0.25) is 0 Å². The summed E-state index contributed by atoms with van der Waals surface area (Å²) in [5.41, 5.74) is 3.41. The van der Waals surface area contributed by atoms with Gasteiger partial charge < -0.3 is 10.1 Å². The zero-order chi connectivity index (χ0) is 21.3. The number of carbonyl (C=O) groups is 1. The van der Waals surface area contributed by atoms with Gasteiger partial charge in [0.05, 0.1) is 0 Å². The maximum absolute atomic E-state index is 12.7. The number of ether oxygens (including phenoxy) is 1. The highest BCUT2D eigenvalue weighted by Crippen LogP contribution is 2.27. The first-order chi connectivity index (χ1) is 14.6. The van der Waals surface area contributed by atoms with Gasteiger partial charge in [-0.05, 0) is 47.9 Å². The molecule has 0 unspecified atom stereocenters. The van der Waals surface area contributed by atoms with Gasteiger partial charge in [-0.3, -0.25) is 4.79 Å². The molecule has 5 heteroatoms. The van der Waals surface area contributed by atoms with E-state index in [1.807, 2.05) is 85.8 Å². The molecule has 0 saturated heterocycles. The smallest absolute Gasteiger partial charge is 0.266 e. The third kappa shape index (κ3) is 5.59. The summed E-state index contributed by atoms with van der Waals surface area (Å²) < 4.78 is 6.78. The molecule has 0 aliphatic carbocycles. The van der Waals surface area contributed by atoms with E-state index in [4.69, 9.17) is 4.74 Å². The Bertz CT molecular complexity index is 1100. The van der Waals surface area contributed by atoms with Crippen molar-refractivity contribution >= 4 is 33.6 Å². The molecule has 0 radical (unpaired) electrons. The maximum atomic E-state index is 12.7. The van der Waals surface area contributed by atoms with Crippen LogP contribution in [0.1, 0.15) is 23.6 Å². The van der Waals surface area contributed by atoms with E-state index in [0.717, 1.165) is 22.0 Å². The third-order valence-corrected chi connectivity index (χ3v) is 5.01. The lowest BCUT2D eigenvalue weighted by molar-refractivity contribution is -0.112. The number of rotatable bonds is 7. The van der Waals surface area contributed by atoms with Crippen LogP contribution in [0.4, 0.5) is 5.69 Å². The predicted molar refractivity (Wildman–Crippen MR) is 123 cm³/mol. The van der Waals surface area contributed by atoms with Crippen molar-refractivity contribution in [2.75, 3.05) is 5.32 Å². The predicted octanol–water partition coefficient (Wildman–Crippen LogP) is 6.14. The minimum Gasteiger partial charge on any atom is -0.488 e. The Balaban J connectivity index is 1.84. The van der Waals surface area contributed by atoms with Crippen LogP contribution in [-0.2, 0) is 17.8 Å². The standard InChI is InChI=1S/C25H21BrN2O2/c1-2-19-10-6-7-11-23(19)28-25(29)21(16-27)14-20-15-22(26)12-13-24(20)30-17-18-8-4-3-5-9-18/h3-15H,2,17H2,1H3,(H,28,29)/b21-14+. The SMILES string of the molecule is CCc1ccccc1NC(=O)/C(C#N)=C/c1cc(Br)ccc1OCc1ccccc1. The number of nitrogens with zero attached hydrogens (tertiary/aromatic N) is 1. The van der Waals surface area contributed by atoms with Crippen LogP contribution in [0.25, 0.3) is 6.08 Å². The molecule has 4 nitrogen and oxygen atoms in total. The van der Waals surface area contributed by atoms with Gasteiger partial charge in [-0.15, -0.1) is 0 Å². The van der Waals surface area contributed by atoms with Crippen molar-refractivity contribution in [1.29, 1.82) is 5.26 Å². The molecule has 0 aliphatic heterocycles. The molecular weight excluding hydrogens is 440 g/mol. The first kappa shape index (κ1) is 21.4. The van der Waals surface area contributed by atoms with E-state index in [-0.39, 0.29) is 5.57 Å². The van der Waals surface area contributed by atoms with Gasteiger partial charge in [0.15, 0.2) is 0 Å². The number of nitrogens with one attached hydrogen (secondary N) is 1. The molecule has 3 aromatic rings. The fourth-order valence-corrected chi connectivity index (χ4v) is 3.32. The largest absolute Gasteiger partial charge is 0.488 e. The molecule has 1 amide bonds. The van der Waals surface area contributed by atoms with Crippen LogP contribution in [0.5, 0.6) is 5.75 Å². The first-order valence-electron chi connectivity index (χ1n) is 9.58. The topological polar surface area (TPSA) is 62.1 Å². The van der Waals surface area contributed by atoms with Crippen LogP contribution in [0, 0.1) is 11.3 Å². The van der Waals surface area contributed by atoms with Crippen LogP contribution >= 0.6 is 15.9 Å². The molecule has 0 aliphatic rings. The number of para-hydroxylation sites is 1. The molecule has 0 fully saturated rings. The molecule has 3 rings (SSSR count). The lowest BCUT2D eigenvalue weighted by Crippen LogP contribution is -2.14. The van der Waals surface area contributed by atoms with Gasteiger partial charge in [-0.2, -0.15) is 5.26 Å². The fraction of sp³-hybridized carbons (Fsp3) is 0.120. The Morgan fingerprint density at radius 2 is 1.83 bits per heavy atom. The average molecular weight is 461 g/mol. The quantitative estimate of drug-likeness (QED) is 0.340. The van der Waals surface area contributed by atoms with E-state index < -0.39 is 5.91 Å². The Morgan fingerprint density at radius 1 is 1.10 bits per heavy atom. The second kappa shape index (κ2) is 10.4. The maximum Gasteiger partial charge on any atom is 0.266 e. The van der Waals surface area contributed by atoms with E-state index in [2.05, 4.69) is 21.2 Å². The zero-order valence-corrected chi connectivity index (χ0v) is 18.1. The summed E-state index contributed by atoms with van der Waals surface area (Å²) in [6, 6.07) is 24.9. The molecule has 30 heavy (non-hydrogen) atoms. The highest BCUT2D eigenvalue weighted by atomic mass is 79.9. The van der Waals surface area contributed by atoms with Gasteiger partial charge in [0.25, 0.3) is 5.91 Å². The number of amides is 1. The van der Waals surface area contributed by atoms with Gasteiger partial charge in [-0.25, -0.2) is 0 Å². The second-order valence-corrected chi connectivity index (χ2v) is 7.51. The Kier molecular flexibility index (Phi) is 7.42. The summed E-state index contributed by atoms with van der Waals surface area (Å²) in [6.45, 7) is 2.41. The highest BCUT2D eigenvalue weighted by molar-refractivity contribution is 9.10. The van der Waals surface area contributed by atoms with Crippen LogP contribution in [0.2, 0.25) is 0 Å². The monoisotopic (exact) mass is 460 g/mol. The average Bonchev–Trinajstić information content (AvgIpc) is 2.77. The summed E-state index contributed by atoms with van der Waals surface area (Å²) in [4.78, 5) is 12.7. The number of carbonyl (C=O) groups excluding carboxylic acids is 1. The lowest BCUT2D eigenvalue weighted by atomic mass is 10.1. The van der Waals surface area contributed by atoms with Gasteiger partial charge >= 0.3 is 0 Å². The zero-order valence-electron chi connectivity index (χ0n) is 16.6. The molecule has 150 valence electrons. The minimum absolute atomic E-state index is 0.00330. The molecule has 0 bridgehead atoms. The number of halogens is 1. The second-order valence-electron chi connectivity index (χ2n) is 6.59. The Morgan fingerprint density at radius 3 is 2.57 bits per heavy atom. The normalized spacial score (nSPS) is 10.9. The summed E-state index contributed by atoms with van der Waals surface area (Å²) in [6.07, 6.45) is 2.33. The fourth-order valence-electron chi connectivity index (χ4n) is 2.94. The minimum atomic E-state index is -0.451. The van der Waals surface area contributed by atoms with Crippen molar-refractivity contribution < 1.29 is 9.53 Å². The van der Waals surface area contributed by atoms with Gasteiger partial charge in [0, 0.05) is 15.7 Å². The van der Waals surface area contributed by atoms with E-state index in [0.29, 0.717) is 23.6 Å². The van der Waals surface area contributed by atoms with Gasteiger partial charge in [-0.1, -0.05) is 71.4 Å². The third-order valence-electron chi connectivity index (χ3n) is 4.52. The first-order valence-corrected chi connectivity index (χ1v) is 10.4. The molecular formula is C25H21BrN2O2. The lowest BCUT2D eigenvalue weighted by Gasteiger charge is -2.11. The van der Waals surface area contributed by atoms with Crippen molar-refractivity contribution in [3.8, 4) is 11.8 Å². The van der Waals surface area contributed by atoms with Crippen molar-refractivity contribution in [2.24, 2.45) is 0 Å². The summed E-state index contributed by atoms with van der Waals surface area (Å²) >= 11 is 3.45. The number of anilines is 1. The van der Waals surface area contributed by atoms with E-state index in [1.165, 1.54) is 0 Å². The molecule has 3 aromatic carbocycles. The molecule has 0 atom stereocenters.